The molecule has 17 heavy (non-hydrogen) atoms. The summed E-state index contributed by atoms with van der Waals surface area (Å²) in [5.41, 5.74) is 0. The third kappa shape index (κ3) is 3.66. The maximum atomic E-state index is 4.63. The summed E-state index contributed by atoms with van der Waals surface area (Å²) in [7, 11) is 0. The maximum Gasteiger partial charge on any atom is 0.133 e. The molecule has 1 aliphatic rings. The van der Waals surface area contributed by atoms with E-state index in [-0.39, 0.29) is 0 Å². The molecular weight excluding hydrogens is 278 g/mol. The number of nitrogens with zero attached hydrogens (tertiary/aromatic N) is 3. The molecule has 0 spiro atoms. The van der Waals surface area contributed by atoms with E-state index in [0.29, 0.717) is 0 Å². The Kier molecular flexibility index (Phi) is 4.77. The lowest BCUT2D eigenvalue weighted by Gasteiger charge is -2.26. The molecule has 0 unspecified atom stereocenters. The van der Waals surface area contributed by atoms with Crippen LogP contribution < -0.4 is 4.90 Å². The van der Waals surface area contributed by atoms with Gasteiger partial charge in [0.25, 0.3) is 0 Å². The average Bonchev–Trinajstić information content (AvgIpc) is 2.27. The minimum atomic E-state index is 0.889. The predicted molar refractivity (Wildman–Crippen MR) is 74.4 cm³/mol. The van der Waals surface area contributed by atoms with E-state index in [1.165, 1.54) is 32.1 Å². The van der Waals surface area contributed by atoms with Crippen molar-refractivity contribution in [3.63, 3.8) is 0 Å². The second kappa shape index (κ2) is 6.34. The standard InChI is InChI=1S/C13H20BrN3/c1-2-12-15-11(14)10-13(16-12)17-8-6-4-3-5-7-9-17/h10H,2-9H2,1H3. The number of hydrogen-bond donors (Lipinski definition) is 0. The van der Waals surface area contributed by atoms with Gasteiger partial charge in [-0.3, -0.25) is 0 Å². The van der Waals surface area contributed by atoms with Crippen LogP contribution in [-0.2, 0) is 6.42 Å². The lowest BCUT2D eigenvalue weighted by atomic mass is 10.1. The molecule has 1 aromatic heterocycles. The Labute approximate surface area is 112 Å². The van der Waals surface area contributed by atoms with Gasteiger partial charge < -0.3 is 4.90 Å². The van der Waals surface area contributed by atoms with E-state index in [4.69, 9.17) is 0 Å². The summed E-state index contributed by atoms with van der Waals surface area (Å²) in [6.07, 6.45) is 7.54. The van der Waals surface area contributed by atoms with Crippen LogP contribution >= 0.6 is 15.9 Å². The second-order valence-corrected chi connectivity index (χ2v) is 5.39. The van der Waals surface area contributed by atoms with E-state index in [2.05, 4.69) is 37.7 Å². The van der Waals surface area contributed by atoms with Crippen molar-refractivity contribution in [2.24, 2.45) is 0 Å². The van der Waals surface area contributed by atoms with Gasteiger partial charge >= 0.3 is 0 Å². The Hall–Kier alpha value is -0.640. The SMILES string of the molecule is CCc1nc(Br)cc(N2CCCCCCC2)n1. The highest BCUT2D eigenvalue weighted by atomic mass is 79.9. The van der Waals surface area contributed by atoms with Crippen molar-refractivity contribution < 1.29 is 0 Å². The zero-order valence-electron chi connectivity index (χ0n) is 10.5. The van der Waals surface area contributed by atoms with Crippen LogP contribution in [0.2, 0.25) is 0 Å². The number of halogens is 1. The lowest BCUT2D eigenvalue weighted by molar-refractivity contribution is 0.553. The third-order valence-electron chi connectivity index (χ3n) is 3.22. The van der Waals surface area contributed by atoms with E-state index in [9.17, 15) is 0 Å². The van der Waals surface area contributed by atoms with Crippen LogP contribution in [0.15, 0.2) is 10.7 Å². The van der Waals surface area contributed by atoms with Gasteiger partial charge in [0.1, 0.15) is 16.2 Å². The second-order valence-electron chi connectivity index (χ2n) is 4.57. The van der Waals surface area contributed by atoms with Gasteiger partial charge in [-0.1, -0.05) is 26.2 Å². The van der Waals surface area contributed by atoms with Crippen LogP contribution in [0.1, 0.15) is 44.9 Å². The van der Waals surface area contributed by atoms with Crippen LogP contribution in [0.5, 0.6) is 0 Å². The van der Waals surface area contributed by atoms with Crippen molar-refractivity contribution in [3.05, 3.63) is 16.5 Å². The van der Waals surface area contributed by atoms with Gasteiger partial charge in [0.15, 0.2) is 0 Å². The molecule has 1 fully saturated rings. The first-order valence-electron chi connectivity index (χ1n) is 6.58. The van der Waals surface area contributed by atoms with Crippen LogP contribution in [0, 0.1) is 0 Å². The Morgan fingerprint density at radius 1 is 1.12 bits per heavy atom. The summed E-state index contributed by atoms with van der Waals surface area (Å²) < 4.78 is 0.904. The van der Waals surface area contributed by atoms with E-state index < -0.39 is 0 Å². The van der Waals surface area contributed by atoms with Gasteiger partial charge in [0.05, 0.1) is 0 Å². The Morgan fingerprint density at radius 3 is 2.41 bits per heavy atom. The molecule has 1 saturated heterocycles. The molecular formula is C13H20BrN3. The lowest BCUT2D eigenvalue weighted by Crippen LogP contribution is -2.28. The van der Waals surface area contributed by atoms with E-state index >= 15 is 0 Å². The van der Waals surface area contributed by atoms with Crippen molar-refractivity contribution in [2.45, 2.75) is 45.4 Å². The van der Waals surface area contributed by atoms with E-state index in [1.54, 1.807) is 0 Å². The highest BCUT2D eigenvalue weighted by Crippen LogP contribution is 2.20. The van der Waals surface area contributed by atoms with Crippen LogP contribution in [0.3, 0.4) is 0 Å². The first-order chi connectivity index (χ1) is 8.29. The van der Waals surface area contributed by atoms with Crippen LogP contribution in [0.4, 0.5) is 5.82 Å². The van der Waals surface area contributed by atoms with Gasteiger partial charge in [-0.25, -0.2) is 9.97 Å². The molecule has 0 saturated carbocycles. The first-order valence-corrected chi connectivity index (χ1v) is 7.37. The zero-order chi connectivity index (χ0) is 12.1. The number of hydrogen-bond acceptors (Lipinski definition) is 3. The summed E-state index contributed by atoms with van der Waals surface area (Å²) in [5, 5.41) is 0. The molecule has 1 aromatic rings. The normalized spacial score (nSPS) is 17.6. The fraction of sp³-hybridized carbons (Fsp3) is 0.692. The number of aryl methyl sites for hydroxylation is 1. The minimum absolute atomic E-state index is 0.889. The molecule has 0 amide bonds. The molecule has 0 radical (unpaired) electrons. The van der Waals surface area contributed by atoms with Gasteiger partial charge in [-0.05, 0) is 28.8 Å². The maximum absolute atomic E-state index is 4.63. The van der Waals surface area contributed by atoms with Gasteiger partial charge in [-0.2, -0.15) is 0 Å². The molecule has 0 N–H and O–H groups in total. The average molecular weight is 298 g/mol. The van der Waals surface area contributed by atoms with Gasteiger partial charge in [0, 0.05) is 25.6 Å². The van der Waals surface area contributed by atoms with Crippen molar-refractivity contribution in [3.8, 4) is 0 Å². The van der Waals surface area contributed by atoms with Gasteiger partial charge in [0.2, 0.25) is 0 Å². The first kappa shape index (κ1) is 12.8. The Morgan fingerprint density at radius 2 is 1.76 bits per heavy atom. The molecule has 94 valence electrons. The fourth-order valence-electron chi connectivity index (χ4n) is 2.25. The largest absolute Gasteiger partial charge is 0.356 e. The monoisotopic (exact) mass is 297 g/mol. The molecule has 4 heteroatoms. The minimum Gasteiger partial charge on any atom is -0.356 e. The fourth-order valence-corrected chi connectivity index (χ4v) is 2.66. The van der Waals surface area contributed by atoms with Crippen molar-refractivity contribution >= 4 is 21.7 Å². The molecule has 3 nitrogen and oxygen atoms in total. The number of aromatic nitrogens is 2. The van der Waals surface area contributed by atoms with Crippen LogP contribution in [0.25, 0.3) is 0 Å². The molecule has 2 rings (SSSR count). The molecule has 0 aromatic carbocycles. The zero-order valence-corrected chi connectivity index (χ0v) is 12.0. The summed E-state index contributed by atoms with van der Waals surface area (Å²) in [6, 6.07) is 2.04. The van der Waals surface area contributed by atoms with Crippen molar-refractivity contribution in [1.82, 2.24) is 9.97 Å². The predicted octanol–water partition coefficient (Wildman–Crippen LogP) is 3.57. The molecule has 0 atom stereocenters. The molecule has 0 bridgehead atoms. The summed E-state index contributed by atoms with van der Waals surface area (Å²) in [4.78, 5) is 11.4. The van der Waals surface area contributed by atoms with Crippen molar-refractivity contribution in [1.29, 1.82) is 0 Å². The quantitative estimate of drug-likeness (QED) is 0.782. The highest BCUT2D eigenvalue weighted by Gasteiger charge is 2.12. The number of anilines is 1. The van der Waals surface area contributed by atoms with Gasteiger partial charge in [-0.15, -0.1) is 0 Å². The van der Waals surface area contributed by atoms with Crippen molar-refractivity contribution in [2.75, 3.05) is 18.0 Å². The molecule has 2 heterocycles. The molecule has 1 aliphatic heterocycles. The third-order valence-corrected chi connectivity index (χ3v) is 3.63. The van der Waals surface area contributed by atoms with E-state index in [0.717, 1.165) is 35.8 Å². The molecule has 0 aliphatic carbocycles. The topological polar surface area (TPSA) is 29.0 Å². The number of rotatable bonds is 2. The Balaban J connectivity index is 2.15. The van der Waals surface area contributed by atoms with E-state index in [1.807, 2.05) is 6.07 Å². The summed E-state index contributed by atoms with van der Waals surface area (Å²) in [5.74, 6) is 2.02. The Bertz CT molecular complexity index is 360. The summed E-state index contributed by atoms with van der Waals surface area (Å²) in [6.45, 7) is 4.36. The van der Waals surface area contributed by atoms with Crippen LogP contribution in [-0.4, -0.2) is 23.1 Å². The highest BCUT2D eigenvalue weighted by molar-refractivity contribution is 9.10. The smallest absolute Gasteiger partial charge is 0.133 e. The summed E-state index contributed by atoms with van der Waals surface area (Å²) >= 11 is 3.48.